The van der Waals surface area contributed by atoms with Gasteiger partial charge in [-0.25, -0.2) is 0 Å². The molecule has 19 heavy (non-hydrogen) atoms. The van der Waals surface area contributed by atoms with Gasteiger partial charge in [0.25, 0.3) is 0 Å². The van der Waals surface area contributed by atoms with Crippen molar-refractivity contribution in [3.05, 3.63) is 70.7 Å². The van der Waals surface area contributed by atoms with Gasteiger partial charge in [-0.15, -0.1) is 0 Å². The second-order valence-corrected chi connectivity index (χ2v) is 5.44. The third-order valence-corrected chi connectivity index (χ3v) is 4.16. The fourth-order valence-electron chi connectivity index (χ4n) is 2.55. The Morgan fingerprint density at radius 1 is 1.00 bits per heavy atom. The minimum Gasteiger partial charge on any atom is -0.330 e. The van der Waals surface area contributed by atoms with Crippen LogP contribution in [0.1, 0.15) is 24.5 Å². The van der Waals surface area contributed by atoms with Gasteiger partial charge in [0, 0.05) is 17.0 Å². The van der Waals surface area contributed by atoms with Gasteiger partial charge in [-0.2, -0.15) is 0 Å². The molecule has 2 aromatic carbocycles. The van der Waals surface area contributed by atoms with E-state index in [-0.39, 0.29) is 5.41 Å². The van der Waals surface area contributed by atoms with Crippen molar-refractivity contribution in [1.29, 1.82) is 0 Å². The Balaban J connectivity index is 2.32. The van der Waals surface area contributed by atoms with Crippen molar-refractivity contribution in [3.8, 4) is 0 Å². The minimum absolute atomic E-state index is 0.00902. The molecule has 2 heteroatoms. The summed E-state index contributed by atoms with van der Waals surface area (Å²) in [6.07, 6.45) is 1.97. The van der Waals surface area contributed by atoms with Crippen LogP contribution >= 0.6 is 11.6 Å². The smallest absolute Gasteiger partial charge is 0.0406 e. The Morgan fingerprint density at radius 2 is 1.63 bits per heavy atom. The van der Waals surface area contributed by atoms with E-state index in [1.54, 1.807) is 0 Å². The SMILES string of the molecule is CCC(CN)(Cc1ccc(Cl)cc1)c1ccccc1. The number of rotatable bonds is 5. The van der Waals surface area contributed by atoms with Crippen LogP contribution in [0.2, 0.25) is 5.02 Å². The molecule has 0 aromatic heterocycles. The van der Waals surface area contributed by atoms with Crippen LogP contribution in [0.25, 0.3) is 0 Å². The van der Waals surface area contributed by atoms with Crippen LogP contribution in [0.3, 0.4) is 0 Å². The van der Waals surface area contributed by atoms with Crippen molar-refractivity contribution in [3.63, 3.8) is 0 Å². The van der Waals surface area contributed by atoms with Crippen LogP contribution in [0, 0.1) is 0 Å². The molecule has 2 N–H and O–H groups in total. The molecule has 2 rings (SSSR count). The van der Waals surface area contributed by atoms with E-state index in [4.69, 9.17) is 17.3 Å². The first-order valence-electron chi connectivity index (χ1n) is 6.70. The van der Waals surface area contributed by atoms with E-state index in [0.717, 1.165) is 17.9 Å². The van der Waals surface area contributed by atoms with E-state index in [2.05, 4.69) is 43.3 Å². The monoisotopic (exact) mass is 273 g/mol. The predicted molar refractivity (Wildman–Crippen MR) is 82.6 cm³/mol. The van der Waals surface area contributed by atoms with Crippen LogP contribution in [0.5, 0.6) is 0 Å². The van der Waals surface area contributed by atoms with E-state index in [1.807, 2.05) is 18.2 Å². The zero-order chi connectivity index (χ0) is 13.7. The van der Waals surface area contributed by atoms with Gasteiger partial charge in [0.2, 0.25) is 0 Å². The number of halogens is 1. The number of hydrogen-bond donors (Lipinski definition) is 1. The van der Waals surface area contributed by atoms with Crippen LogP contribution in [0.4, 0.5) is 0 Å². The summed E-state index contributed by atoms with van der Waals surface area (Å²) in [6.45, 7) is 2.85. The molecular weight excluding hydrogens is 254 g/mol. The summed E-state index contributed by atoms with van der Waals surface area (Å²) in [5, 5.41) is 0.776. The molecular formula is C17H20ClN. The van der Waals surface area contributed by atoms with Crippen molar-refractivity contribution in [1.82, 2.24) is 0 Å². The number of hydrogen-bond acceptors (Lipinski definition) is 1. The lowest BCUT2D eigenvalue weighted by Crippen LogP contribution is -2.36. The second kappa shape index (κ2) is 6.23. The van der Waals surface area contributed by atoms with Crippen molar-refractivity contribution < 1.29 is 0 Å². The number of nitrogens with two attached hydrogens (primary N) is 1. The quantitative estimate of drug-likeness (QED) is 0.869. The first-order chi connectivity index (χ1) is 9.20. The molecule has 1 unspecified atom stereocenters. The second-order valence-electron chi connectivity index (χ2n) is 5.01. The Hall–Kier alpha value is -1.31. The summed E-state index contributed by atoms with van der Waals surface area (Å²) >= 11 is 5.94. The van der Waals surface area contributed by atoms with Crippen LogP contribution in [-0.2, 0) is 11.8 Å². The van der Waals surface area contributed by atoms with Crippen LogP contribution in [0.15, 0.2) is 54.6 Å². The highest BCUT2D eigenvalue weighted by Gasteiger charge is 2.28. The summed E-state index contributed by atoms with van der Waals surface area (Å²) in [6, 6.07) is 18.6. The molecule has 0 bridgehead atoms. The van der Waals surface area contributed by atoms with Gasteiger partial charge in [0.15, 0.2) is 0 Å². The van der Waals surface area contributed by atoms with Gasteiger partial charge in [-0.3, -0.25) is 0 Å². The first kappa shape index (κ1) is 14.1. The zero-order valence-electron chi connectivity index (χ0n) is 11.3. The summed E-state index contributed by atoms with van der Waals surface area (Å²) < 4.78 is 0. The third kappa shape index (κ3) is 3.17. The van der Waals surface area contributed by atoms with Gasteiger partial charge in [-0.05, 0) is 36.1 Å². The maximum absolute atomic E-state index is 6.10. The Kier molecular flexibility index (Phi) is 4.62. The maximum Gasteiger partial charge on any atom is 0.0406 e. The average molecular weight is 274 g/mol. The molecule has 0 amide bonds. The highest BCUT2D eigenvalue weighted by molar-refractivity contribution is 6.30. The largest absolute Gasteiger partial charge is 0.330 e. The van der Waals surface area contributed by atoms with Crippen LogP contribution < -0.4 is 5.73 Å². The van der Waals surface area contributed by atoms with Gasteiger partial charge in [0.05, 0.1) is 0 Å². The van der Waals surface area contributed by atoms with Crippen molar-refractivity contribution >= 4 is 11.6 Å². The van der Waals surface area contributed by atoms with E-state index < -0.39 is 0 Å². The molecule has 2 aromatic rings. The standard InChI is InChI=1S/C17H20ClN/c1-2-17(13-19,15-6-4-3-5-7-15)12-14-8-10-16(18)11-9-14/h3-11H,2,12-13,19H2,1H3. The molecule has 1 atom stereocenters. The lowest BCUT2D eigenvalue weighted by molar-refractivity contribution is 0.418. The molecule has 0 radical (unpaired) electrons. The van der Waals surface area contributed by atoms with Crippen molar-refractivity contribution in [2.24, 2.45) is 5.73 Å². The summed E-state index contributed by atoms with van der Waals surface area (Å²) in [7, 11) is 0. The van der Waals surface area contributed by atoms with Gasteiger partial charge in [-0.1, -0.05) is 61.0 Å². The van der Waals surface area contributed by atoms with Crippen molar-refractivity contribution in [2.45, 2.75) is 25.2 Å². The van der Waals surface area contributed by atoms with E-state index in [1.165, 1.54) is 11.1 Å². The van der Waals surface area contributed by atoms with Gasteiger partial charge in [0.1, 0.15) is 0 Å². The maximum atomic E-state index is 6.10. The van der Waals surface area contributed by atoms with E-state index in [9.17, 15) is 0 Å². The molecule has 0 heterocycles. The molecule has 0 saturated heterocycles. The van der Waals surface area contributed by atoms with E-state index >= 15 is 0 Å². The molecule has 1 nitrogen and oxygen atoms in total. The molecule has 100 valence electrons. The average Bonchev–Trinajstić information content (AvgIpc) is 2.48. The lowest BCUT2D eigenvalue weighted by Gasteiger charge is -2.32. The molecule has 0 aliphatic carbocycles. The van der Waals surface area contributed by atoms with Gasteiger partial charge < -0.3 is 5.73 Å². The van der Waals surface area contributed by atoms with E-state index in [0.29, 0.717) is 6.54 Å². The lowest BCUT2D eigenvalue weighted by atomic mass is 9.73. The fraction of sp³-hybridized carbons (Fsp3) is 0.294. The Morgan fingerprint density at radius 3 is 2.16 bits per heavy atom. The van der Waals surface area contributed by atoms with Crippen LogP contribution in [-0.4, -0.2) is 6.54 Å². The fourth-order valence-corrected chi connectivity index (χ4v) is 2.68. The summed E-state index contributed by atoms with van der Waals surface area (Å²) in [5.41, 5.74) is 8.70. The van der Waals surface area contributed by atoms with Crippen molar-refractivity contribution in [2.75, 3.05) is 6.54 Å². The minimum atomic E-state index is 0.00902. The number of benzene rings is 2. The molecule has 0 aliphatic rings. The summed E-state index contributed by atoms with van der Waals surface area (Å²) in [4.78, 5) is 0. The topological polar surface area (TPSA) is 26.0 Å². The molecule has 0 aliphatic heterocycles. The third-order valence-electron chi connectivity index (χ3n) is 3.91. The first-order valence-corrected chi connectivity index (χ1v) is 7.08. The Labute approximate surface area is 120 Å². The highest BCUT2D eigenvalue weighted by Crippen LogP contribution is 2.31. The Bertz CT molecular complexity index is 501. The molecule has 0 saturated carbocycles. The highest BCUT2D eigenvalue weighted by atomic mass is 35.5. The zero-order valence-corrected chi connectivity index (χ0v) is 12.0. The summed E-state index contributed by atoms with van der Waals surface area (Å²) in [5.74, 6) is 0. The normalized spacial score (nSPS) is 14.1. The predicted octanol–water partition coefficient (Wildman–Crippen LogP) is 4.19. The molecule has 0 spiro atoms. The van der Waals surface area contributed by atoms with Gasteiger partial charge >= 0.3 is 0 Å². The molecule has 0 fully saturated rings.